The Morgan fingerprint density at radius 2 is 1.84 bits per heavy atom. The lowest BCUT2D eigenvalue weighted by Crippen LogP contribution is -2.34. The van der Waals surface area contributed by atoms with Crippen LogP contribution < -0.4 is 15.4 Å². The number of fused-ring (bicyclic) bond motifs is 2. The van der Waals surface area contributed by atoms with E-state index in [4.69, 9.17) is 22.1 Å². The first-order valence-corrected chi connectivity index (χ1v) is 18.7. The van der Waals surface area contributed by atoms with Crippen molar-refractivity contribution >= 4 is 34.7 Å². The lowest BCUT2D eigenvalue weighted by atomic mass is 9.80. The summed E-state index contributed by atoms with van der Waals surface area (Å²) >= 11 is 6.82. The summed E-state index contributed by atoms with van der Waals surface area (Å²) < 4.78 is 6.69. The van der Waals surface area contributed by atoms with Gasteiger partial charge in [0.05, 0.1) is 11.3 Å². The first-order valence-electron chi connectivity index (χ1n) is 18.4. The number of Topliss-reactive ketones (excluding diaryl/α,β-unsaturated/α-hetero) is 1. The van der Waals surface area contributed by atoms with Crippen molar-refractivity contribution in [1.82, 2.24) is 4.98 Å². The number of pyridine rings is 1. The van der Waals surface area contributed by atoms with Gasteiger partial charge in [-0.15, -0.1) is 0 Å². The van der Waals surface area contributed by atoms with Crippen molar-refractivity contribution in [2.24, 2.45) is 17.1 Å². The van der Waals surface area contributed by atoms with Gasteiger partial charge in [-0.3, -0.25) is 14.6 Å². The maximum absolute atomic E-state index is 14.6. The van der Waals surface area contributed by atoms with Gasteiger partial charge < -0.3 is 15.4 Å². The van der Waals surface area contributed by atoms with Crippen LogP contribution in [0.1, 0.15) is 120 Å². The molecule has 3 aromatic rings. The van der Waals surface area contributed by atoms with Crippen molar-refractivity contribution < 1.29 is 14.3 Å². The number of hydrogen-bond acceptors (Lipinski definition) is 5. The summed E-state index contributed by atoms with van der Waals surface area (Å²) in [6.45, 7) is 15.8. The van der Waals surface area contributed by atoms with E-state index < -0.39 is 5.91 Å². The fourth-order valence-corrected chi connectivity index (χ4v) is 7.84. The van der Waals surface area contributed by atoms with Gasteiger partial charge in [0.15, 0.2) is 5.78 Å². The Labute approximate surface area is 303 Å². The number of carbonyl (C=O) groups is 2. The number of hydrogen-bond donors (Lipinski definition) is 1. The predicted molar refractivity (Wildman–Crippen MR) is 205 cm³/mol. The number of ketones is 1. The molecular formula is C43H52ClN3O3. The molecule has 0 saturated heterocycles. The summed E-state index contributed by atoms with van der Waals surface area (Å²) in [5.41, 5.74) is 15.0. The Hall–Kier alpha value is -3.90. The number of amides is 1. The van der Waals surface area contributed by atoms with Crippen LogP contribution in [0, 0.1) is 11.3 Å². The zero-order valence-electron chi connectivity index (χ0n) is 30.8. The zero-order valence-corrected chi connectivity index (χ0v) is 31.5. The molecule has 1 amide bonds. The molecule has 0 spiro atoms. The van der Waals surface area contributed by atoms with E-state index in [9.17, 15) is 9.59 Å². The lowest BCUT2D eigenvalue weighted by Gasteiger charge is -2.37. The largest absolute Gasteiger partial charge is 0.488 e. The van der Waals surface area contributed by atoms with Crippen molar-refractivity contribution in [2.75, 3.05) is 11.5 Å². The van der Waals surface area contributed by atoms with Crippen molar-refractivity contribution in [1.29, 1.82) is 0 Å². The molecule has 264 valence electrons. The Balaban J connectivity index is 1.59. The molecule has 3 aliphatic rings. The number of benzene rings is 2. The zero-order chi connectivity index (χ0) is 36.0. The molecule has 2 atom stereocenters. The fourth-order valence-electron chi connectivity index (χ4n) is 7.59. The molecule has 0 bridgehead atoms. The monoisotopic (exact) mass is 693 g/mol. The van der Waals surface area contributed by atoms with Gasteiger partial charge in [-0.05, 0) is 116 Å². The number of primary amides is 1. The number of nitrogens with zero attached hydrogens (tertiary/aromatic N) is 2. The van der Waals surface area contributed by atoms with Crippen LogP contribution in [0.25, 0.3) is 16.8 Å². The first-order chi connectivity index (χ1) is 23.7. The van der Waals surface area contributed by atoms with E-state index in [2.05, 4.69) is 88.7 Å². The normalized spacial score (nSPS) is 18.8. The number of aryl methyl sites for hydroxylation is 1. The van der Waals surface area contributed by atoms with E-state index in [1.165, 1.54) is 17.3 Å². The van der Waals surface area contributed by atoms with Gasteiger partial charge in [0.1, 0.15) is 12.4 Å². The number of carbonyl (C=O) groups excluding carboxylic acids is 2. The van der Waals surface area contributed by atoms with Crippen LogP contribution in [0.15, 0.2) is 66.0 Å². The molecule has 6 rings (SSSR count). The Morgan fingerprint density at radius 3 is 2.50 bits per heavy atom. The smallest absolute Gasteiger partial charge is 0.250 e. The third-order valence-electron chi connectivity index (χ3n) is 10.8. The van der Waals surface area contributed by atoms with Crippen molar-refractivity contribution in [3.05, 3.63) is 93.3 Å². The highest BCUT2D eigenvalue weighted by Crippen LogP contribution is 2.54. The van der Waals surface area contributed by atoms with E-state index in [1.807, 2.05) is 12.1 Å². The van der Waals surface area contributed by atoms with Gasteiger partial charge in [-0.2, -0.15) is 0 Å². The number of rotatable bonds is 11. The third-order valence-corrected chi connectivity index (χ3v) is 11.0. The second-order valence-electron chi connectivity index (χ2n) is 16.1. The first kappa shape index (κ1) is 35.9. The number of halogens is 1. The molecular weight excluding hydrogens is 642 g/mol. The minimum atomic E-state index is -0.511. The third kappa shape index (κ3) is 7.28. The highest BCUT2D eigenvalue weighted by Gasteiger charge is 2.43. The second-order valence-corrected chi connectivity index (χ2v) is 16.5. The van der Waals surface area contributed by atoms with Gasteiger partial charge in [-0.1, -0.05) is 65.6 Å². The van der Waals surface area contributed by atoms with Gasteiger partial charge >= 0.3 is 0 Å². The minimum absolute atomic E-state index is 0.00795. The second kappa shape index (κ2) is 14.0. The summed E-state index contributed by atoms with van der Waals surface area (Å²) in [5, 5.41) is 0.696. The van der Waals surface area contributed by atoms with Crippen LogP contribution in [0.5, 0.6) is 5.75 Å². The molecule has 1 aliphatic carbocycles. The summed E-state index contributed by atoms with van der Waals surface area (Å²) in [6.07, 6.45) is 12.9. The molecule has 1 fully saturated rings. The molecule has 50 heavy (non-hydrogen) atoms. The van der Waals surface area contributed by atoms with Crippen LogP contribution in [0.4, 0.5) is 5.69 Å². The number of nitrogens with two attached hydrogens (primary N) is 1. The van der Waals surface area contributed by atoms with E-state index in [1.54, 1.807) is 6.20 Å². The summed E-state index contributed by atoms with van der Waals surface area (Å²) in [7, 11) is 0. The van der Waals surface area contributed by atoms with Crippen LogP contribution in [0.2, 0.25) is 5.02 Å². The molecule has 1 aromatic heterocycles. The van der Waals surface area contributed by atoms with E-state index in [0.29, 0.717) is 23.6 Å². The highest BCUT2D eigenvalue weighted by atomic mass is 35.5. The summed E-state index contributed by atoms with van der Waals surface area (Å²) in [5.74, 6) is 0.415. The molecule has 1 saturated carbocycles. The molecule has 3 heterocycles. The average molecular weight is 694 g/mol. The Kier molecular flexibility index (Phi) is 10.1. The van der Waals surface area contributed by atoms with Gasteiger partial charge in [0, 0.05) is 57.3 Å². The van der Waals surface area contributed by atoms with Gasteiger partial charge in [-0.25, -0.2) is 0 Å². The standard InChI is InChI=1S/C43H52ClN3O3/c1-8-10-27-17-31(44)20-32(18-27)47-26(3)11-12-33(40(48)28(9-2)13-14-42(4,5)6)36-25-50-38-22-37(43(7)15-16-43)34(21-35(38)39(36)47)29-19-30(41(45)49)24-46-23-29/h12,17-24,26,28H,8-11,13-16,25H2,1-7H3,(H2,45,49). The molecule has 2 aromatic carbocycles. The molecule has 0 radical (unpaired) electrons. The summed E-state index contributed by atoms with van der Waals surface area (Å²) in [6, 6.07) is 12.6. The van der Waals surface area contributed by atoms with Gasteiger partial charge in [0.25, 0.3) is 0 Å². The molecule has 2 N–H and O–H groups in total. The summed E-state index contributed by atoms with van der Waals surface area (Å²) in [4.78, 5) is 33.7. The Morgan fingerprint density at radius 1 is 1.08 bits per heavy atom. The SMILES string of the molecule is CCCc1cc(Cl)cc(N2C3=C(COc4cc(C5(C)CC5)c(-c5cncc(C(N)=O)c5)cc43)C(C(=O)C(CC)CCC(C)(C)C)=CCC2C)c1. The fraction of sp³-hybridized carbons (Fsp3) is 0.465. The maximum atomic E-state index is 14.6. The Bertz CT molecular complexity index is 1880. The minimum Gasteiger partial charge on any atom is -0.488 e. The number of ether oxygens (including phenoxy) is 1. The van der Waals surface area contributed by atoms with Gasteiger partial charge in [0.2, 0.25) is 5.91 Å². The van der Waals surface area contributed by atoms with Crippen molar-refractivity contribution in [3.8, 4) is 16.9 Å². The average Bonchev–Trinajstić information content (AvgIpc) is 3.84. The van der Waals surface area contributed by atoms with Crippen LogP contribution >= 0.6 is 11.6 Å². The molecule has 7 heteroatoms. The van der Waals surface area contributed by atoms with Crippen LogP contribution in [-0.4, -0.2) is 29.3 Å². The van der Waals surface area contributed by atoms with E-state index in [-0.39, 0.29) is 28.6 Å². The molecule has 2 unspecified atom stereocenters. The maximum Gasteiger partial charge on any atom is 0.250 e. The van der Waals surface area contributed by atoms with Crippen LogP contribution in [0.3, 0.4) is 0 Å². The molecule has 2 aliphatic heterocycles. The van der Waals surface area contributed by atoms with Crippen molar-refractivity contribution in [2.45, 2.75) is 111 Å². The number of anilines is 1. The highest BCUT2D eigenvalue weighted by molar-refractivity contribution is 6.31. The molecule has 6 nitrogen and oxygen atoms in total. The van der Waals surface area contributed by atoms with E-state index in [0.717, 1.165) is 89.9 Å². The van der Waals surface area contributed by atoms with Crippen LogP contribution in [-0.2, 0) is 16.6 Å². The lowest BCUT2D eigenvalue weighted by molar-refractivity contribution is -0.119. The predicted octanol–water partition coefficient (Wildman–Crippen LogP) is 10.3. The number of aromatic nitrogens is 1. The van der Waals surface area contributed by atoms with E-state index >= 15 is 0 Å². The quantitative estimate of drug-likeness (QED) is 0.216. The topological polar surface area (TPSA) is 85.5 Å². The van der Waals surface area contributed by atoms with Crippen molar-refractivity contribution in [3.63, 3.8) is 0 Å².